The lowest BCUT2D eigenvalue weighted by Crippen LogP contribution is -2.05. The van der Waals surface area contributed by atoms with Crippen molar-refractivity contribution in [2.45, 2.75) is 32.8 Å². The lowest BCUT2D eigenvalue weighted by Gasteiger charge is -2.12. The van der Waals surface area contributed by atoms with Gasteiger partial charge in [-0.05, 0) is 53.8 Å². The minimum Gasteiger partial charge on any atom is -0.489 e. The van der Waals surface area contributed by atoms with Gasteiger partial charge in [0.1, 0.15) is 12.4 Å². The summed E-state index contributed by atoms with van der Waals surface area (Å²) in [5.74, 6) is 1.47. The fraction of sp³-hybridized carbons (Fsp3) is 0.333. The molecule has 0 fully saturated rings. The molecule has 2 nitrogen and oxygen atoms in total. The highest BCUT2D eigenvalue weighted by Crippen LogP contribution is 2.24. The molecule has 0 radical (unpaired) electrons. The molecule has 3 heteroatoms. The topological polar surface area (TPSA) is 35.2 Å². The number of ether oxygens (including phenoxy) is 1. The molecule has 0 aliphatic rings. The predicted molar refractivity (Wildman–Crippen MR) is 91.8 cm³/mol. The summed E-state index contributed by atoms with van der Waals surface area (Å²) in [4.78, 5) is 0. The van der Waals surface area contributed by atoms with Gasteiger partial charge in [-0.1, -0.05) is 54.0 Å². The van der Waals surface area contributed by atoms with Crippen molar-refractivity contribution in [2.75, 3.05) is 6.54 Å². The number of nitrogens with two attached hydrogens (primary N) is 1. The first-order valence-electron chi connectivity index (χ1n) is 7.30. The van der Waals surface area contributed by atoms with Crippen molar-refractivity contribution >= 4 is 15.9 Å². The molecule has 0 heterocycles. The third-order valence-electron chi connectivity index (χ3n) is 3.48. The first kappa shape index (κ1) is 16.1. The summed E-state index contributed by atoms with van der Waals surface area (Å²) in [6.07, 6.45) is 0.820. The fourth-order valence-corrected chi connectivity index (χ4v) is 2.61. The average Bonchev–Trinajstić information content (AvgIpc) is 2.47. The van der Waals surface area contributed by atoms with Crippen LogP contribution >= 0.6 is 15.9 Å². The molecule has 0 atom stereocenters. The van der Waals surface area contributed by atoms with Gasteiger partial charge < -0.3 is 10.5 Å². The zero-order valence-electron chi connectivity index (χ0n) is 12.6. The number of hydrogen-bond donors (Lipinski definition) is 1. The van der Waals surface area contributed by atoms with Crippen LogP contribution in [0.5, 0.6) is 5.75 Å². The molecule has 0 amide bonds. The number of benzene rings is 2. The molecule has 0 unspecified atom stereocenters. The molecule has 0 spiro atoms. The molecule has 21 heavy (non-hydrogen) atoms. The molecule has 0 bridgehead atoms. The zero-order chi connectivity index (χ0) is 15.2. The Hall–Kier alpha value is -1.32. The molecule has 2 rings (SSSR count). The molecule has 0 saturated heterocycles. The van der Waals surface area contributed by atoms with Crippen molar-refractivity contribution in [1.82, 2.24) is 0 Å². The van der Waals surface area contributed by atoms with Gasteiger partial charge in [-0.2, -0.15) is 0 Å². The van der Waals surface area contributed by atoms with Crippen LogP contribution in [0.25, 0.3) is 0 Å². The van der Waals surface area contributed by atoms with Gasteiger partial charge in [0.05, 0.1) is 0 Å². The second-order valence-electron chi connectivity index (χ2n) is 5.48. The third-order valence-corrected chi connectivity index (χ3v) is 3.97. The molecule has 112 valence electrons. The maximum absolute atomic E-state index is 5.95. The largest absolute Gasteiger partial charge is 0.489 e. The minimum absolute atomic E-state index is 0.558. The maximum atomic E-state index is 5.95. The van der Waals surface area contributed by atoms with Crippen LogP contribution in [0.15, 0.2) is 46.9 Å². The Morgan fingerprint density at radius 1 is 1.10 bits per heavy atom. The average molecular weight is 348 g/mol. The minimum atomic E-state index is 0.558. The highest BCUT2D eigenvalue weighted by molar-refractivity contribution is 9.10. The number of hydrogen-bond acceptors (Lipinski definition) is 2. The molecule has 0 aliphatic heterocycles. The molecule has 2 N–H and O–H groups in total. The van der Waals surface area contributed by atoms with E-state index in [4.69, 9.17) is 10.5 Å². The zero-order valence-corrected chi connectivity index (χ0v) is 14.2. The van der Waals surface area contributed by atoms with Gasteiger partial charge in [-0.25, -0.2) is 0 Å². The van der Waals surface area contributed by atoms with Gasteiger partial charge in [-0.15, -0.1) is 0 Å². The Morgan fingerprint density at radius 2 is 1.81 bits per heavy atom. The summed E-state index contributed by atoms with van der Waals surface area (Å²) < 4.78 is 7.01. The smallest absolute Gasteiger partial charge is 0.123 e. The second kappa shape index (κ2) is 7.62. The first-order valence-corrected chi connectivity index (χ1v) is 8.09. The second-order valence-corrected chi connectivity index (χ2v) is 6.39. The highest BCUT2D eigenvalue weighted by Gasteiger charge is 2.05. The van der Waals surface area contributed by atoms with Crippen molar-refractivity contribution < 1.29 is 4.74 Å². The van der Waals surface area contributed by atoms with E-state index in [-0.39, 0.29) is 0 Å². The summed E-state index contributed by atoms with van der Waals surface area (Å²) >= 11 is 3.49. The lowest BCUT2D eigenvalue weighted by atomic mass is 10.0. The quantitative estimate of drug-likeness (QED) is 0.825. The van der Waals surface area contributed by atoms with E-state index in [1.165, 1.54) is 11.1 Å². The van der Waals surface area contributed by atoms with Crippen LogP contribution in [-0.2, 0) is 13.0 Å². The van der Waals surface area contributed by atoms with Crippen LogP contribution in [0.3, 0.4) is 0 Å². The van der Waals surface area contributed by atoms with Crippen LogP contribution < -0.4 is 10.5 Å². The van der Waals surface area contributed by atoms with Gasteiger partial charge in [-0.3, -0.25) is 0 Å². The molecule has 0 aliphatic carbocycles. The highest BCUT2D eigenvalue weighted by atomic mass is 79.9. The normalized spacial score (nSPS) is 10.9. The van der Waals surface area contributed by atoms with Crippen LogP contribution in [0.1, 0.15) is 36.5 Å². The van der Waals surface area contributed by atoms with Gasteiger partial charge in [0, 0.05) is 4.47 Å². The van der Waals surface area contributed by atoms with Crippen LogP contribution in [0.2, 0.25) is 0 Å². The first-order chi connectivity index (χ1) is 10.1. The molecule has 0 saturated carbocycles. The van der Waals surface area contributed by atoms with Crippen molar-refractivity contribution in [3.05, 3.63) is 63.6 Å². The van der Waals surface area contributed by atoms with E-state index >= 15 is 0 Å². The van der Waals surface area contributed by atoms with E-state index in [9.17, 15) is 0 Å². The van der Waals surface area contributed by atoms with Crippen molar-refractivity contribution in [3.63, 3.8) is 0 Å². The maximum Gasteiger partial charge on any atom is 0.123 e. The van der Waals surface area contributed by atoms with Crippen LogP contribution in [0.4, 0.5) is 0 Å². The summed E-state index contributed by atoms with van der Waals surface area (Å²) in [6.45, 7) is 5.60. The monoisotopic (exact) mass is 347 g/mol. The van der Waals surface area contributed by atoms with Crippen molar-refractivity contribution in [3.8, 4) is 5.75 Å². The van der Waals surface area contributed by atoms with E-state index in [0.717, 1.165) is 22.2 Å². The number of halogens is 1. The number of rotatable bonds is 6. The van der Waals surface area contributed by atoms with E-state index in [1.807, 2.05) is 12.1 Å². The molecular formula is C18H22BrNO. The molecular weight excluding hydrogens is 326 g/mol. The summed E-state index contributed by atoms with van der Waals surface area (Å²) in [5, 5.41) is 0. The van der Waals surface area contributed by atoms with Crippen molar-refractivity contribution in [2.24, 2.45) is 5.73 Å². The Kier molecular flexibility index (Phi) is 5.83. The van der Waals surface area contributed by atoms with E-state index in [1.54, 1.807) is 0 Å². The Balaban J connectivity index is 2.05. The third kappa shape index (κ3) is 4.58. The lowest BCUT2D eigenvalue weighted by molar-refractivity contribution is 0.303. The predicted octanol–water partition coefficient (Wildman–Crippen LogP) is 4.65. The van der Waals surface area contributed by atoms with Gasteiger partial charge >= 0.3 is 0 Å². The Morgan fingerprint density at radius 3 is 2.43 bits per heavy atom. The Bertz CT molecular complexity index is 578. The summed E-state index contributed by atoms with van der Waals surface area (Å²) in [7, 11) is 0. The van der Waals surface area contributed by atoms with Crippen LogP contribution in [-0.4, -0.2) is 6.54 Å². The SMILES string of the molecule is CC(C)c1ccc(COc2ccc(Br)cc2CCN)cc1. The van der Waals surface area contributed by atoms with Crippen LogP contribution in [0, 0.1) is 0 Å². The van der Waals surface area contributed by atoms with Crippen molar-refractivity contribution in [1.29, 1.82) is 0 Å². The summed E-state index contributed by atoms with van der Waals surface area (Å²) in [5.41, 5.74) is 9.34. The van der Waals surface area contributed by atoms with E-state index in [2.05, 4.69) is 60.1 Å². The Labute approximate surface area is 135 Å². The van der Waals surface area contributed by atoms with E-state index in [0.29, 0.717) is 19.1 Å². The van der Waals surface area contributed by atoms with Gasteiger partial charge in [0.25, 0.3) is 0 Å². The fourth-order valence-electron chi connectivity index (χ4n) is 2.20. The molecule has 0 aromatic heterocycles. The molecule has 2 aromatic carbocycles. The van der Waals surface area contributed by atoms with E-state index < -0.39 is 0 Å². The standard InChI is InChI=1S/C18H22BrNO/c1-13(2)15-5-3-14(4-6-15)12-21-18-8-7-17(19)11-16(18)9-10-20/h3-8,11,13H,9-10,12,20H2,1-2H3. The summed E-state index contributed by atoms with van der Waals surface area (Å²) in [6, 6.07) is 14.7. The van der Waals surface area contributed by atoms with Gasteiger partial charge in [0.15, 0.2) is 0 Å². The molecule has 2 aromatic rings. The van der Waals surface area contributed by atoms with Gasteiger partial charge in [0.2, 0.25) is 0 Å².